The SMILES string of the molecule is COc1ccc([C@@H]2CC(=O)NC(SCC(=O)N3[C@H](C)CCC[C@H]3C)=C2C#N)cc1Cl. The second-order valence-corrected chi connectivity index (χ2v) is 9.16. The van der Waals surface area contributed by atoms with Crippen molar-refractivity contribution in [2.75, 3.05) is 12.9 Å². The Balaban J connectivity index is 1.81. The van der Waals surface area contributed by atoms with Crippen LogP contribution in [0.5, 0.6) is 5.75 Å². The first-order chi connectivity index (χ1) is 14.3. The first-order valence-corrected chi connectivity index (χ1v) is 11.4. The van der Waals surface area contributed by atoms with Gasteiger partial charge in [0.2, 0.25) is 11.8 Å². The third-order valence-corrected chi connectivity index (χ3v) is 7.05. The number of carbonyl (C=O) groups excluding carboxylic acids is 2. The Bertz CT molecular complexity index is 901. The van der Waals surface area contributed by atoms with Gasteiger partial charge in [0.05, 0.1) is 34.6 Å². The van der Waals surface area contributed by atoms with Crippen molar-refractivity contribution in [3.05, 3.63) is 39.4 Å². The lowest BCUT2D eigenvalue weighted by atomic mass is 9.87. The maximum Gasteiger partial charge on any atom is 0.233 e. The molecule has 2 aliphatic heterocycles. The Labute approximate surface area is 186 Å². The number of thioether (sulfide) groups is 1. The molecule has 3 rings (SSSR count). The Kier molecular flexibility index (Phi) is 7.32. The molecule has 6 nitrogen and oxygen atoms in total. The van der Waals surface area contributed by atoms with Gasteiger partial charge in [-0.05, 0) is 50.8 Å². The van der Waals surface area contributed by atoms with Gasteiger partial charge in [-0.3, -0.25) is 9.59 Å². The van der Waals surface area contributed by atoms with Crippen LogP contribution in [0.2, 0.25) is 5.02 Å². The van der Waals surface area contributed by atoms with Crippen LogP contribution in [-0.2, 0) is 9.59 Å². The highest BCUT2D eigenvalue weighted by molar-refractivity contribution is 8.03. The molecule has 0 aliphatic carbocycles. The van der Waals surface area contributed by atoms with E-state index in [1.54, 1.807) is 12.1 Å². The van der Waals surface area contributed by atoms with Gasteiger partial charge < -0.3 is 15.0 Å². The lowest BCUT2D eigenvalue weighted by molar-refractivity contribution is -0.134. The molecule has 2 amide bonds. The van der Waals surface area contributed by atoms with Crippen LogP contribution in [-0.4, -0.2) is 41.7 Å². The molecule has 2 aliphatic rings. The lowest BCUT2D eigenvalue weighted by Crippen LogP contribution is -2.48. The number of allylic oxidation sites excluding steroid dienone is 1. The first-order valence-electron chi connectivity index (χ1n) is 10.1. The van der Waals surface area contributed by atoms with Crippen LogP contribution >= 0.6 is 23.4 Å². The third kappa shape index (κ3) is 4.76. The summed E-state index contributed by atoms with van der Waals surface area (Å²) < 4.78 is 5.19. The van der Waals surface area contributed by atoms with E-state index < -0.39 is 5.92 Å². The Morgan fingerprint density at radius 1 is 1.37 bits per heavy atom. The molecule has 0 saturated carbocycles. The first kappa shape index (κ1) is 22.5. The van der Waals surface area contributed by atoms with E-state index in [9.17, 15) is 14.9 Å². The van der Waals surface area contributed by atoms with E-state index in [4.69, 9.17) is 16.3 Å². The molecule has 3 atom stereocenters. The average molecular weight is 448 g/mol. The fourth-order valence-corrected chi connectivity index (χ4v) is 5.45. The maximum atomic E-state index is 12.9. The molecule has 30 heavy (non-hydrogen) atoms. The topological polar surface area (TPSA) is 82.4 Å². The Morgan fingerprint density at radius 2 is 2.07 bits per heavy atom. The quantitative estimate of drug-likeness (QED) is 0.731. The van der Waals surface area contributed by atoms with E-state index in [0.29, 0.717) is 21.4 Å². The number of hydrogen-bond donors (Lipinski definition) is 1. The number of nitrogens with zero attached hydrogens (tertiary/aromatic N) is 2. The van der Waals surface area contributed by atoms with E-state index in [1.807, 2.05) is 11.0 Å². The van der Waals surface area contributed by atoms with Gasteiger partial charge in [0.15, 0.2) is 0 Å². The standard InChI is InChI=1S/C22H26ClN3O3S/c1-13-5-4-6-14(2)26(13)21(28)12-30-22-17(11-24)16(10-20(27)25-22)15-7-8-19(29-3)18(23)9-15/h7-9,13-14,16H,4-6,10,12H2,1-3H3,(H,25,27)/t13-,14-,16+/m1/s1. The van der Waals surface area contributed by atoms with E-state index in [2.05, 4.69) is 25.2 Å². The number of ether oxygens (including phenoxy) is 1. The molecule has 0 spiro atoms. The van der Waals surface area contributed by atoms with Crippen molar-refractivity contribution in [2.45, 2.75) is 57.5 Å². The maximum absolute atomic E-state index is 12.9. The summed E-state index contributed by atoms with van der Waals surface area (Å²) in [4.78, 5) is 27.2. The van der Waals surface area contributed by atoms with Crippen molar-refractivity contribution < 1.29 is 14.3 Å². The van der Waals surface area contributed by atoms with Crippen LogP contribution in [0, 0.1) is 11.3 Å². The van der Waals surface area contributed by atoms with Crippen molar-refractivity contribution in [1.29, 1.82) is 5.26 Å². The highest BCUT2D eigenvalue weighted by atomic mass is 35.5. The molecule has 0 radical (unpaired) electrons. The minimum Gasteiger partial charge on any atom is -0.495 e. The number of rotatable bonds is 5. The fraction of sp³-hybridized carbons (Fsp3) is 0.500. The number of likely N-dealkylation sites (tertiary alicyclic amines) is 1. The molecule has 1 saturated heterocycles. The highest BCUT2D eigenvalue weighted by Gasteiger charge is 2.32. The largest absolute Gasteiger partial charge is 0.495 e. The molecule has 0 aromatic heterocycles. The number of carbonyl (C=O) groups is 2. The predicted octanol–water partition coefficient (Wildman–Crippen LogP) is 4.21. The summed E-state index contributed by atoms with van der Waals surface area (Å²) in [5, 5.41) is 13.5. The van der Waals surface area contributed by atoms with Crippen molar-refractivity contribution in [1.82, 2.24) is 10.2 Å². The summed E-state index contributed by atoms with van der Waals surface area (Å²) in [6.07, 6.45) is 3.29. The van der Waals surface area contributed by atoms with E-state index in [-0.39, 0.29) is 36.1 Å². The van der Waals surface area contributed by atoms with Crippen molar-refractivity contribution in [3.63, 3.8) is 0 Å². The van der Waals surface area contributed by atoms with E-state index in [0.717, 1.165) is 24.8 Å². The van der Waals surface area contributed by atoms with Crippen LogP contribution in [0.25, 0.3) is 0 Å². The molecule has 8 heteroatoms. The molecule has 1 aromatic carbocycles. The van der Waals surface area contributed by atoms with Gasteiger partial charge in [-0.2, -0.15) is 5.26 Å². The Morgan fingerprint density at radius 3 is 2.67 bits per heavy atom. The minimum absolute atomic E-state index is 0.0355. The smallest absolute Gasteiger partial charge is 0.233 e. The number of nitriles is 1. The van der Waals surface area contributed by atoms with Crippen molar-refractivity contribution in [2.24, 2.45) is 0 Å². The second-order valence-electron chi connectivity index (χ2n) is 7.77. The zero-order valence-corrected chi connectivity index (χ0v) is 19.0. The van der Waals surface area contributed by atoms with Gasteiger partial charge in [-0.25, -0.2) is 0 Å². The van der Waals surface area contributed by atoms with Crippen molar-refractivity contribution >= 4 is 35.2 Å². The van der Waals surface area contributed by atoms with Gasteiger partial charge in [0.1, 0.15) is 5.75 Å². The molecular formula is C22H26ClN3O3S. The van der Waals surface area contributed by atoms with Crippen LogP contribution in [0.4, 0.5) is 0 Å². The van der Waals surface area contributed by atoms with Gasteiger partial charge in [-0.1, -0.05) is 29.4 Å². The van der Waals surface area contributed by atoms with Gasteiger partial charge in [0.25, 0.3) is 0 Å². The van der Waals surface area contributed by atoms with Gasteiger partial charge >= 0.3 is 0 Å². The Hall–Kier alpha value is -2.17. The summed E-state index contributed by atoms with van der Waals surface area (Å²) >= 11 is 7.47. The summed E-state index contributed by atoms with van der Waals surface area (Å²) in [6.45, 7) is 4.15. The molecule has 1 fully saturated rings. The number of methoxy groups -OCH3 is 1. The van der Waals surface area contributed by atoms with Crippen LogP contribution in [0.1, 0.15) is 51.0 Å². The number of halogens is 1. The number of nitrogens with one attached hydrogen (secondary N) is 1. The monoisotopic (exact) mass is 447 g/mol. The molecule has 0 unspecified atom stereocenters. The van der Waals surface area contributed by atoms with Gasteiger partial charge in [-0.15, -0.1) is 0 Å². The zero-order chi connectivity index (χ0) is 21.8. The summed E-state index contributed by atoms with van der Waals surface area (Å²) in [6, 6.07) is 7.93. The van der Waals surface area contributed by atoms with Crippen LogP contribution in [0.15, 0.2) is 28.8 Å². The summed E-state index contributed by atoms with van der Waals surface area (Å²) in [5.41, 5.74) is 1.23. The number of benzene rings is 1. The highest BCUT2D eigenvalue weighted by Crippen LogP contribution is 2.38. The molecule has 1 N–H and O–H groups in total. The average Bonchev–Trinajstić information content (AvgIpc) is 2.71. The summed E-state index contributed by atoms with van der Waals surface area (Å²) in [5.74, 6) is 0.172. The molecular weight excluding hydrogens is 422 g/mol. The predicted molar refractivity (Wildman–Crippen MR) is 118 cm³/mol. The molecule has 0 bridgehead atoms. The molecule has 160 valence electrons. The molecule has 2 heterocycles. The van der Waals surface area contributed by atoms with Crippen molar-refractivity contribution in [3.8, 4) is 11.8 Å². The lowest BCUT2D eigenvalue weighted by Gasteiger charge is -2.39. The van der Waals surface area contributed by atoms with Crippen LogP contribution in [0.3, 0.4) is 0 Å². The zero-order valence-electron chi connectivity index (χ0n) is 17.4. The number of piperidine rings is 1. The number of amides is 2. The minimum atomic E-state index is -0.405. The normalized spacial score (nSPS) is 24.3. The third-order valence-electron chi connectivity index (χ3n) is 5.76. The van der Waals surface area contributed by atoms with E-state index >= 15 is 0 Å². The summed E-state index contributed by atoms with van der Waals surface area (Å²) in [7, 11) is 1.53. The second kappa shape index (κ2) is 9.76. The van der Waals surface area contributed by atoms with Gasteiger partial charge in [0, 0.05) is 24.4 Å². The fourth-order valence-electron chi connectivity index (χ4n) is 4.24. The van der Waals surface area contributed by atoms with Crippen LogP contribution < -0.4 is 10.1 Å². The molecule has 1 aromatic rings. The van der Waals surface area contributed by atoms with E-state index in [1.165, 1.54) is 18.9 Å². The number of hydrogen-bond acceptors (Lipinski definition) is 5.